The van der Waals surface area contributed by atoms with Crippen molar-refractivity contribution in [3.05, 3.63) is 70.3 Å². The summed E-state index contributed by atoms with van der Waals surface area (Å²) < 4.78 is 84.0. The Bertz CT molecular complexity index is 1190. The number of halogens is 6. The summed E-state index contributed by atoms with van der Waals surface area (Å²) in [4.78, 5) is 10.6. The summed E-state index contributed by atoms with van der Waals surface area (Å²) in [6.07, 6.45) is -11.6. The van der Waals surface area contributed by atoms with E-state index < -0.39 is 35.4 Å². The largest absolute Gasteiger partial charge is 1.00 e. The molecule has 2 aromatic carbocycles. The van der Waals surface area contributed by atoms with Gasteiger partial charge in [-0.25, -0.2) is 0 Å². The number of carboxylic acid groups (broad SMARTS) is 1. The second-order valence-corrected chi connectivity index (χ2v) is 9.81. The van der Waals surface area contributed by atoms with Crippen molar-refractivity contribution < 1.29 is 80.8 Å². The summed E-state index contributed by atoms with van der Waals surface area (Å²) in [6.45, 7) is 7.20. The predicted octanol–water partition coefficient (Wildman–Crippen LogP) is 2.55. The van der Waals surface area contributed by atoms with Crippen molar-refractivity contribution in [2.45, 2.75) is 82.9 Å². The number of hydrogen-bond donors (Lipinski definition) is 2. The normalized spacial score (nSPS) is 13.7. The van der Waals surface area contributed by atoms with Crippen molar-refractivity contribution in [2.24, 2.45) is 0 Å². The minimum absolute atomic E-state index is 0. The third kappa shape index (κ3) is 8.50. The van der Waals surface area contributed by atoms with Crippen LogP contribution < -0.4 is 39.4 Å². The minimum Gasteiger partial charge on any atom is -0.550 e. The van der Waals surface area contributed by atoms with Gasteiger partial charge in [0, 0.05) is 11.4 Å². The van der Waals surface area contributed by atoms with Crippen molar-refractivity contribution in [3.8, 4) is 5.75 Å². The van der Waals surface area contributed by atoms with E-state index in [9.17, 15) is 46.5 Å². The summed E-state index contributed by atoms with van der Waals surface area (Å²) >= 11 is 0. The number of aliphatic hydroxyl groups excluding tert-OH is 1. The van der Waals surface area contributed by atoms with Gasteiger partial charge in [-0.3, -0.25) is 0 Å². The van der Waals surface area contributed by atoms with Gasteiger partial charge in [0.15, 0.2) is 0 Å². The number of rotatable bonds is 12. The number of hydrogen-bond acceptors (Lipinski definition) is 5. The number of aliphatic carboxylic acids is 1. The molecule has 0 fully saturated rings. The van der Waals surface area contributed by atoms with E-state index in [1.165, 1.54) is 6.07 Å². The molecular weight excluding hydrogens is 565 g/mol. The Morgan fingerprint density at radius 2 is 1.46 bits per heavy atom. The quantitative estimate of drug-likeness (QED) is 0.290. The maximum Gasteiger partial charge on any atom is 1.00 e. The Balaban J connectivity index is 0.00000840. The molecule has 0 saturated heterocycles. The number of carbonyl (C=O) groups is 1. The van der Waals surface area contributed by atoms with Crippen molar-refractivity contribution >= 4 is 12.0 Å². The molecule has 2 aromatic rings. The molecule has 0 radical (unpaired) electrons. The first-order valence-electron chi connectivity index (χ1n) is 12.7. The Labute approximate surface area is 257 Å². The van der Waals surface area contributed by atoms with Crippen LogP contribution in [0.2, 0.25) is 0 Å². The van der Waals surface area contributed by atoms with Crippen molar-refractivity contribution in [2.75, 3.05) is 6.61 Å². The monoisotopic (exact) mass is 598 g/mol. The molecule has 0 bridgehead atoms. The molecule has 12 heteroatoms. The molecule has 0 unspecified atom stereocenters. The third-order valence-corrected chi connectivity index (χ3v) is 7.24. The maximum atomic E-state index is 13.0. The summed E-state index contributed by atoms with van der Waals surface area (Å²) in [5, 5.41) is 29.9. The molecule has 5 nitrogen and oxygen atoms in total. The molecule has 0 aliphatic heterocycles. The zero-order valence-electron chi connectivity index (χ0n) is 23.6. The van der Waals surface area contributed by atoms with E-state index in [1.54, 1.807) is 25.1 Å². The van der Waals surface area contributed by atoms with E-state index in [2.05, 4.69) is 0 Å². The van der Waals surface area contributed by atoms with E-state index in [4.69, 9.17) is 4.74 Å². The Morgan fingerprint density at radius 1 is 0.951 bits per heavy atom. The summed E-state index contributed by atoms with van der Waals surface area (Å²) in [6, 6.07) is 10.3. The SMILES string of the molecule is CCC(CC)(c1ccc(/C=C/C(O)(C(F)(F)F)C(F)(F)F)c(C)c1)c1ccc(OC[C@@H](O)CCC(=O)[O-])c(C)c1.[Na+]. The molecule has 0 amide bonds. The van der Waals surface area contributed by atoms with Gasteiger partial charge in [-0.1, -0.05) is 50.3 Å². The number of benzene rings is 2. The molecule has 2 N–H and O–H groups in total. The van der Waals surface area contributed by atoms with Gasteiger partial charge in [-0.2, -0.15) is 26.3 Å². The Kier molecular flexibility index (Phi) is 13.0. The fourth-order valence-electron chi connectivity index (χ4n) is 4.62. The van der Waals surface area contributed by atoms with Crippen LogP contribution >= 0.6 is 0 Å². The average Bonchev–Trinajstić information content (AvgIpc) is 2.86. The fourth-order valence-corrected chi connectivity index (χ4v) is 4.62. The summed E-state index contributed by atoms with van der Waals surface area (Å²) in [7, 11) is 0. The Morgan fingerprint density at radius 3 is 1.90 bits per heavy atom. The van der Waals surface area contributed by atoms with Crippen LogP contribution in [0.3, 0.4) is 0 Å². The van der Waals surface area contributed by atoms with E-state index in [1.807, 2.05) is 32.9 Å². The van der Waals surface area contributed by atoms with Crippen LogP contribution in [0.25, 0.3) is 6.08 Å². The van der Waals surface area contributed by atoms with Gasteiger partial charge in [0.25, 0.3) is 5.60 Å². The van der Waals surface area contributed by atoms with E-state index >= 15 is 0 Å². The molecule has 1 atom stereocenters. The summed E-state index contributed by atoms with van der Waals surface area (Å²) in [5.41, 5.74) is -2.53. The fraction of sp³-hybridized carbons (Fsp3) is 0.483. The van der Waals surface area contributed by atoms with Crippen LogP contribution in [0.4, 0.5) is 26.3 Å². The standard InChI is InChI=1S/C29H34F6O5.Na/c1-5-26(6-2,22-9-11-24(19(4)16-22)40-17-23(36)10-12-25(37)38)21-8-7-20(18(3)15-21)13-14-27(39,28(30,31)32)29(33,34)35;/h7-9,11,13-16,23,36,39H,5-6,10,12,17H2,1-4H3,(H,37,38);/q;+1/p-1/b14-13+;/t23-;/m0./s1. The number of aryl methyl sites for hydroxylation is 2. The molecule has 222 valence electrons. The van der Waals surface area contributed by atoms with E-state index in [0.29, 0.717) is 30.2 Å². The van der Waals surface area contributed by atoms with Gasteiger partial charge in [0.2, 0.25) is 0 Å². The van der Waals surface area contributed by atoms with Crippen LogP contribution in [0.15, 0.2) is 42.5 Å². The molecular formula is C29H33F6NaO5. The van der Waals surface area contributed by atoms with Gasteiger partial charge in [-0.05, 0) is 79.5 Å². The number of alkyl halides is 6. The number of carbonyl (C=O) groups excluding carboxylic acids is 1. The summed E-state index contributed by atoms with van der Waals surface area (Å²) in [5.74, 6) is -0.769. The van der Waals surface area contributed by atoms with Crippen LogP contribution in [-0.4, -0.2) is 46.8 Å². The zero-order chi connectivity index (χ0) is 30.5. The molecule has 2 rings (SSSR count). The van der Waals surface area contributed by atoms with Crippen LogP contribution in [0.1, 0.15) is 67.3 Å². The Hall–Kier alpha value is -2.05. The molecule has 0 heterocycles. The first-order valence-corrected chi connectivity index (χ1v) is 12.7. The average molecular weight is 599 g/mol. The molecule has 0 aliphatic rings. The van der Waals surface area contributed by atoms with Gasteiger partial charge in [-0.15, -0.1) is 0 Å². The van der Waals surface area contributed by atoms with Crippen LogP contribution in [0.5, 0.6) is 5.75 Å². The molecule has 0 aromatic heterocycles. The maximum absolute atomic E-state index is 13.0. The van der Waals surface area contributed by atoms with Crippen molar-refractivity contribution in [3.63, 3.8) is 0 Å². The second kappa shape index (κ2) is 14.4. The predicted molar refractivity (Wildman–Crippen MR) is 136 cm³/mol. The molecule has 0 spiro atoms. The molecule has 0 aliphatic carbocycles. The molecule has 41 heavy (non-hydrogen) atoms. The number of carboxylic acids is 1. The third-order valence-electron chi connectivity index (χ3n) is 7.24. The number of ether oxygens (including phenoxy) is 1. The van der Waals surface area contributed by atoms with Crippen molar-refractivity contribution in [1.82, 2.24) is 0 Å². The topological polar surface area (TPSA) is 89.8 Å². The van der Waals surface area contributed by atoms with Gasteiger partial charge >= 0.3 is 41.9 Å². The van der Waals surface area contributed by atoms with E-state index in [0.717, 1.165) is 16.7 Å². The second-order valence-electron chi connectivity index (χ2n) is 9.81. The number of aliphatic hydroxyl groups is 2. The smallest absolute Gasteiger partial charge is 0.550 e. The van der Waals surface area contributed by atoms with Crippen LogP contribution in [0, 0.1) is 13.8 Å². The van der Waals surface area contributed by atoms with Gasteiger partial charge in [0.1, 0.15) is 12.4 Å². The van der Waals surface area contributed by atoms with E-state index in [-0.39, 0.29) is 60.6 Å². The van der Waals surface area contributed by atoms with Gasteiger partial charge in [0.05, 0.1) is 6.10 Å². The zero-order valence-corrected chi connectivity index (χ0v) is 25.6. The van der Waals surface area contributed by atoms with Crippen LogP contribution in [-0.2, 0) is 10.2 Å². The first-order chi connectivity index (χ1) is 18.4. The van der Waals surface area contributed by atoms with Gasteiger partial charge < -0.3 is 24.9 Å². The molecule has 0 saturated carbocycles. The minimum atomic E-state index is -5.95. The first kappa shape index (κ1) is 37.0. The van der Waals surface area contributed by atoms with Crippen molar-refractivity contribution in [1.29, 1.82) is 0 Å².